The molecule has 2 aliphatic rings. The molecule has 2 unspecified atom stereocenters. The molecule has 2 rings (SSSR count). The molecule has 0 saturated carbocycles. The van der Waals surface area contributed by atoms with E-state index in [0.29, 0.717) is 6.61 Å². The molecule has 2 fully saturated rings. The summed E-state index contributed by atoms with van der Waals surface area (Å²) in [6, 6.07) is 0. The first-order valence-corrected chi connectivity index (χ1v) is 4.20. The molecule has 0 aromatic carbocycles. The molecule has 0 radical (unpaired) electrons. The second-order valence-corrected chi connectivity index (χ2v) is 3.69. The van der Waals surface area contributed by atoms with Crippen molar-refractivity contribution in [2.45, 2.75) is 37.9 Å². The number of aliphatic hydroxyl groups is 1. The van der Waals surface area contributed by atoms with Crippen molar-refractivity contribution in [2.24, 2.45) is 0 Å². The number of fused-ring (bicyclic) bond motifs is 1. The van der Waals surface area contributed by atoms with Crippen LogP contribution in [0, 0.1) is 0 Å². The van der Waals surface area contributed by atoms with Crippen LogP contribution in [0.2, 0.25) is 0 Å². The molecular weight excluding hydrogens is 160 g/mol. The first-order valence-electron chi connectivity index (χ1n) is 4.20. The molecule has 4 heteroatoms. The third-order valence-corrected chi connectivity index (χ3v) is 2.24. The van der Waals surface area contributed by atoms with Gasteiger partial charge in [-0.2, -0.15) is 0 Å². The molecule has 12 heavy (non-hydrogen) atoms. The summed E-state index contributed by atoms with van der Waals surface area (Å²) in [6.07, 6.45) is -0.307. The van der Waals surface area contributed by atoms with Gasteiger partial charge in [0.05, 0.1) is 13.2 Å². The molecule has 2 saturated heterocycles. The van der Waals surface area contributed by atoms with E-state index in [1.807, 2.05) is 13.8 Å². The minimum absolute atomic E-state index is 0.000602. The highest BCUT2D eigenvalue weighted by molar-refractivity contribution is 4.91. The van der Waals surface area contributed by atoms with Crippen LogP contribution < -0.4 is 0 Å². The van der Waals surface area contributed by atoms with Crippen LogP contribution >= 0.6 is 0 Å². The number of aliphatic hydroxyl groups excluding tert-OH is 1. The van der Waals surface area contributed by atoms with Crippen molar-refractivity contribution in [3.63, 3.8) is 0 Å². The second-order valence-electron chi connectivity index (χ2n) is 3.69. The summed E-state index contributed by atoms with van der Waals surface area (Å²) in [5, 5.41) is 8.92. The largest absolute Gasteiger partial charge is 0.394 e. The molecule has 0 bridgehead atoms. The van der Waals surface area contributed by atoms with Crippen molar-refractivity contribution >= 4 is 0 Å². The summed E-state index contributed by atoms with van der Waals surface area (Å²) >= 11 is 0. The van der Waals surface area contributed by atoms with E-state index < -0.39 is 5.79 Å². The van der Waals surface area contributed by atoms with Crippen molar-refractivity contribution in [1.29, 1.82) is 0 Å². The van der Waals surface area contributed by atoms with E-state index >= 15 is 0 Å². The summed E-state index contributed by atoms with van der Waals surface area (Å²) < 4.78 is 16.4. The Balaban J connectivity index is 2.06. The monoisotopic (exact) mass is 174 g/mol. The highest BCUT2D eigenvalue weighted by Crippen LogP contribution is 2.34. The van der Waals surface area contributed by atoms with Crippen molar-refractivity contribution in [3.8, 4) is 0 Å². The molecule has 0 aromatic rings. The number of hydrogen-bond donors (Lipinski definition) is 1. The van der Waals surface area contributed by atoms with Gasteiger partial charge >= 0.3 is 0 Å². The van der Waals surface area contributed by atoms with E-state index in [1.54, 1.807) is 0 Å². The fourth-order valence-electron chi connectivity index (χ4n) is 1.78. The van der Waals surface area contributed by atoms with Crippen LogP contribution in [0.25, 0.3) is 0 Å². The molecule has 0 aromatic heterocycles. The highest BCUT2D eigenvalue weighted by atomic mass is 16.8. The average molecular weight is 174 g/mol. The average Bonchev–Trinajstić information content (AvgIpc) is 2.42. The van der Waals surface area contributed by atoms with Gasteiger partial charge in [0.25, 0.3) is 0 Å². The van der Waals surface area contributed by atoms with Gasteiger partial charge in [0.2, 0.25) is 0 Å². The van der Waals surface area contributed by atoms with E-state index in [0.717, 1.165) is 0 Å². The molecule has 70 valence electrons. The van der Waals surface area contributed by atoms with Crippen molar-refractivity contribution in [3.05, 3.63) is 0 Å². The maximum absolute atomic E-state index is 8.92. The summed E-state index contributed by atoms with van der Waals surface area (Å²) in [5.74, 6) is -0.521. The van der Waals surface area contributed by atoms with Gasteiger partial charge in [0.15, 0.2) is 5.79 Å². The highest BCUT2D eigenvalue weighted by Gasteiger charge is 2.49. The first-order chi connectivity index (χ1) is 5.62. The smallest absolute Gasteiger partial charge is 0.164 e. The Labute approximate surface area is 71.4 Å². The maximum atomic E-state index is 8.92. The van der Waals surface area contributed by atoms with Crippen LogP contribution in [-0.2, 0) is 14.2 Å². The van der Waals surface area contributed by atoms with Crippen LogP contribution in [0.15, 0.2) is 0 Å². The molecule has 0 aliphatic carbocycles. The maximum Gasteiger partial charge on any atom is 0.164 e. The van der Waals surface area contributed by atoms with E-state index in [4.69, 9.17) is 19.3 Å². The molecule has 1 N–H and O–H groups in total. The Hall–Kier alpha value is -0.160. The number of ether oxygens (including phenoxy) is 3. The van der Waals surface area contributed by atoms with Gasteiger partial charge in [-0.3, -0.25) is 0 Å². The molecule has 0 amide bonds. The second kappa shape index (κ2) is 2.67. The predicted octanol–water partition coefficient (Wildman–Crippen LogP) is -0.102. The fourth-order valence-corrected chi connectivity index (χ4v) is 1.78. The van der Waals surface area contributed by atoms with Crippen LogP contribution in [-0.4, -0.2) is 42.4 Å². The van der Waals surface area contributed by atoms with Crippen LogP contribution in [0.4, 0.5) is 0 Å². The third kappa shape index (κ3) is 1.25. The lowest BCUT2D eigenvalue weighted by atomic mass is 10.2. The Morgan fingerprint density at radius 2 is 2.17 bits per heavy atom. The van der Waals surface area contributed by atoms with E-state index in [9.17, 15) is 0 Å². The normalized spacial score (nSPS) is 44.8. The topological polar surface area (TPSA) is 47.9 Å². The van der Waals surface area contributed by atoms with Gasteiger partial charge in [-0.25, -0.2) is 0 Å². The molecule has 3 atom stereocenters. The molecule has 0 spiro atoms. The Kier molecular flexibility index (Phi) is 1.88. The fraction of sp³-hybridized carbons (Fsp3) is 1.00. The quantitative estimate of drug-likeness (QED) is 0.603. The van der Waals surface area contributed by atoms with Gasteiger partial charge in [-0.1, -0.05) is 0 Å². The van der Waals surface area contributed by atoms with E-state index in [-0.39, 0.29) is 24.9 Å². The Morgan fingerprint density at radius 3 is 2.83 bits per heavy atom. The van der Waals surface area contributed by atoms with Crippen molar-refractivity contribution < 1.29 is 19.3 Å². The molecule has 2 aliphatic heterocycles. The Morgan fingerprint density at radius 1 is 1.42 bits per heavy atom. The lowest BCUT2D eigenvalue weighted by Gasteiger charge is -2.20. The third-order valence-electron chi connectivity index (χ3n) is 2.24. The lowest BCUT2D eigenvalue weighted by Crippen LogP contribution is -2.31. The van der Waals surface area contributed by atoms with Crippen LogP contribution in [0.1, 0.15) is 13.8 Å². The first kappa shape index (κ1) is 8.44. The number of hydrogen-bond acceptors (Lipinski definition) is 4. The lowest BCUT2D eigenvalue weighted by molar-refractivity contribution is -0.177. The molecule has 4 nitrogen and oxygen atoms in total. The SMILES string of the molecule is CC1(C)OC2C(CO)OC[C@@H]2O1. The number of rotatable bonds is 1. The minimum atomic E-state index is -0.521. The van der Waals surface area contributed by atoms with Crippen molar-refractivity contribution in [1.82, 2.24) is 0 Å². The predicted molar refractivity (Wildman–Crippen MR) is 40.7 cm³/mol. The van der Waals surface area contributed by atoms with Crippen molar-refractivity contribution in [2.75, 3.05) is 13.2 Å². The van der Waals surface area contributed by atoms with E-state index in [1.165, 1.54) is 0 Å². The standard InChI is InChI=1S/C8H14O4/c1-8(2)11-6-4-10-5(3-9)7(6)12-8/h5-7,9H,3-4H2,1-2H3/t5?,6-,7?/m0/s1. The summed E-state index contributed by atoms with van der Waals surface area (Å²) in [5.41, 5.74) is 0. The Bertz CT molecular complexity index is 180. The van der Waals surface area contributed by atoms with Crippen LogP contribution in [0.5, 0.6) is 0 Å². The molecule has 2 heterocycles. The van der Waals surface area contributed by atoms with Gasteiger partial charge in [-0.05, 0) is 13.8 Å². The van der Waals surface area contributed by atoms with Gasteiger partial charge in [-0.15, -0.1) is 0 Å². The van der Waals surface area contributed by atoms with Gasteiger partial charge in [0, 0.05) is 0 Å². The van der Waals surface area contributed by atoms with Gasteiger partial charge < -0.3 is 19.3 Å². The zero-order valence-electron chi connectivity index (χ0n) is 7.32. The zero-order chi connectivity index (χ0) is 8.77. The van der Waals surface area contributed by atoms with Gasteiger partial charge in [0.1, 0.15) is 18.3 Å². The minimum Gasteiger partial charge on any atom is -0.394 e. The summed E-state index contributed by atoms with van der Waals surface area (Å²) in [6.45, 7) is 4.28. The molecular formula is C8H14O4. The zero-order valence-corrected chi connectivity index (χ0v) is 7.32. The summed E-state index contributed by atoms with van der Waals surface area (Å²) in [7, 11) is 0. The van der Waals surface area contributed by atoms with Crippen LogP contribution in [0.3, 0.4) is 0 Å². The van der Waals surface area contributed by atoms with E-state index in [2.05, 4.69) is 0 Å². The summed E-state index contributed by atoms with van der Waals surface area (Å²) in [4.78, 5) is 0.